The van der Waals surface area contributed by atoms with Gasteiger partial charge in [-0.3, -0.25) is 16.3 Å². The van der Waals surface area contributed by atoms with Crippen LogP contribution in [0.2, 0.25) is 0 Å². The zero-order chi connectivity index (χ0) is 8.97. The van der Waals surface area contributed by atoms with Crippen molar-refractivity contribution in [2.45, 2.75) is 19.4 Å². The SMILES string of the molecule is CCC(NN)c1ccc(Br)cn1. The number of hydrazine groups is 1. The summed E-state index contributed by atoms with van der Waals surface area (Å²) in [6, 6.07) is 4.07. The van der Waals surface area contributed by atoms with E-state index in [1.165, 1.54) is 0 Å². The third-order valence-electron chi connectivity index (χ3n) is 1.72. The lowest BCUT2D eigenvalue weighted by molar-refractivity contribution is 0.526. The summed E-state index contributed by atoms with van der Waals surface area (Å²) in [6.45, 7) is 2.06. The number of hydrogen-bond acceptors (Lipinski definition) is 3. The highest BCUT2D eigenvalue weighted by molar-refractivity contribution is 9.10. The van der Waals surface area contributed by atoms with Gasteiger partial charge in [-0.15, -0.1) is 0 Å². The summed E-state index contributed by atoms with van der Waals surface area (Å²) in [5.74, 6) is 5.35. The average Bonchev–Trinajstić information content (AvgIpc) is 2.10. The van der Waals surface area contributed by atoms with Crippen LogP contribution in [-0.2, 0) is 0 Å². The molecule has 0 radical (unpaired) electrons. The maximum absolute atomic E-state index is 5.35. The molecule has 4 heteroatoms. The zero-order valence-corrected chi connectivity index (χ0v) is 8.51. The van der Waals surface area contributed by atoms with Crippen LogP contribution in [0.5, 0.6) is 0 Å². The fraction of sp³-hybridized carbons (Fsp3) is 0.375. The number of pyridine rings is 1. The van der Waals surface area contributed by atoms with Crippen molar-refractivity contribution in [3.8, 4) is 0 Å². The number of nitrogens with two attached hydrogens (primary N) is 1. The van der Waals surface area contributed by atoms with Gasteiger partial charge < -0.3 is 0 Å². The number of halogens is 1. The summed E-state index contributed by atoms with van der Waals surface area (Å²) in [6.07, 6.45) is 2.71. The number of aromatic nitrogens is 1. The minimum atomic E-state index is 0.151. The van der Waals surface area contributed by atoms with Gasteiger partial charge in [-0.2, -0.15) is 0 Å². The Labute approximate surface area is 80.5 Å². The molecule has 0 saturated carbocycles. The van der Waals surface area contributed by atoms with Gasteiger partial charge in [0.25, 0.3) is 0 Å². The number of nitrogens with zero attached hydrogens (tertiary/aromatic N) is 1. The molecule has 0 aliphatic rings. The molecule has 0 fully saturated rings. The highest BCUT2D eigenvalue weighted by atomic mass is 79.9. The van der Waals surface area contributed by atoms with Crippen molar-refractivity contribution in [1.29, 1.82) is 0 Å². The summed E-state index contributed by atoms with van der Waals surface area (Å²) in [5.41, 5.74) is 3.68. The molecule has 3 N–H and O–H groups in total. The van der Waals surface area contributed by atoms with E-state index in [9.17, 15) is 0 Å². The van der Waals surface area contributed by atoms with Gasteiger partial charge in [0, 0.05) is 10.7 Å². The minimum absolute atomic E-state index is 0.151. The van der Waals surface area contributed by atoms with Crippen LogP contribution in [0.1, 0.15) is 25.1 Å². The van der Waals surface area contributed by atoms with Crippen LogP contribution in [0.4, 0.5) is 0 Å². The number of hydrogen-bond donors (Lipinski definition) is 2. The largest absolute Gasteiger partial charge is 0.271 e. The van der Waals surface area contributed by atoms with Crippen LogP contribution < -0.4 is 11.3 Å². The Hall–Kier alpha value is -0.450. The lowest BCUT2D eigenvalue weighted by atomic mass is 10.1. The van der Waals surface area contributed by atoms with E-state index in [0.717, 1.165) is 16.6 Å². The van der Waals surface area contributed by atoms with Gasteiger partial charge in [-0.1, -0.05) is 6.92 Å². The van der Waals surface area contributed by atoms with Crippen molar-refractivity contribution in [2.24, 2.45) is 5.84 Å². The van der Waals surface area contributed by atoms with Crippen LogP contribution in [-0.4, -0.2) is 4.98 Å². The van der Waals surface area contributed by atoms with Gasteiger partial charge in [0.2, 0.25) is 0 Å². The van der Waals surface area contributed by atoms with Gasteiger partial charge in [-0.25, -0.2) is 0 Å². The molecule has 66 valence electrons. The van der Waals surface area contributed by atoms with Gasteiger partial charge >= 0.3 is 0 Å². The van der Waals surface area contributed by atoms with Crippen molar-refractivity contribution in [2.75, 3.05) is 0 Å². The molecule has 1 unspecified atom stereocenters. The molecule has 0 aromatic carbocycles. The van der Waals surface area contributed by atoms with Crippen LogP contribution >= 0.6 is 15.9 Å². The molecule has 0 bridgehead atoms. The van der Waals surface area contributed by atoms with Crippen molar-refractivity contribution in [1.82, 2.24) is 10.4 Å². The van der Waals surface area contributed by atoms with Crippen LogP contribution in [0.25, 0.3) is 0 Å². The summed E-state index contributed by atoms with van der Waals surface area (Å²) < 4.78 is 0.984. The van der Waals surface area contributed by atoms with Crippen LogP contribution in [0, 0.1) is 0 Å². The van der Waals surface area contributed by atoms with Crippen molar-refractivity contribution in [3.05, 3.63) is 28.5 Å². The first-order valence-corrected chi connectivity index (χ1v) is 4.64. The number of nitrogens with one attached hydrogen (secondary N) is 1. The molecule has 0 aliphatic carbocycles. The predicted octanol–water partition coefficient (Wildman–Crippen LogP) is 1.76. The molecule has 3 nitrogen and oxygen atoms in total. The van der Waals surface area contributed by atoms with Crippen molar-refractivity contribution >= 4 is 15.9 Å². The molecule has 1 heterocycles. The monoisotopic (exact) mass is 229 g/mol. The summed E-state index contributed by atoms with van der Waals surface area (Å²) in [7, 11) is 0. The van der Waals surface area contributed by atoms with Gasteiger partial charge in [0.1, 0.15) is 0 Å². The lowest BCUT2D eigenvalue weighted by Gasteiger charge is -2.11. The molecular formula is C8H12BrN3. The van der Waals surface area contributed by atoms with E-state index in [1.807, 2.05) is 12.1 Å². The highest BCUT2D eigenvalue weighted by Gasteiger charge is 2.06. The summed E-state index contributed by atoms with van der Waals surface area (Å²) in [4.78, 5) is 4.23. The smallest absolute Gasteiger partial charge is 0.0629 e. The Morgan fingerprint density at radius 1 is 1.67 bits per heavy atom. The Balaban J connectivity index is 2.80. The van der Waals surface area contributed by atoms with Crippen molar-refractivity contribution < 1.29 is 0 Å². The Morgan fingerprint density at radius 3 is 2.83 bits per heavy atom. The molecule has 1 aromatic heterocycles. The molecule has 0 aliphatic heterocycles. The predicted molar refractivity (Wildman–Crippen MR) is 52.3 cm³/mol. The minimum Gasteiger partial charge on any atom is -0.271 e. The standard InChI is InChI=1S/C8H12BrN3/c1-2-7(12-10)8-4-3-6(9)5-11-8/h3-5,7,12H,2,10H2,1H3. The first-order chi connectivity index (χ1) is 5.77. The van der Waals surface area contributed by atoms with E-state index in [-0.39, 0.29) is 6.04 Å². The number of rotatable bonds is 3. The highest BCUT2D eigenvalue weighted by Crippen LogP contribution is 2.15. The molecule has 0 saturated heterocycles. The summed E-state index contributed by atoms with van der Waals surface area (Å²) in [5, 5.41) is 0. The fourth-order valence-corrected chi connectivity index (χ4v) is 1.24. The third-order valence-corrected chi connectivity index (χ3v) is 2.19. The second-order valence-corrected chi connectivity index (χ2v) is 3.44. The Morgan fingerprint density at radius 2 is 2.42 bits per heavy atom. The molecule has 1 rings (SSSR count). The quantitative estimate of drug-likeness (QED) is 0.614. The molecular weight excluding hydrogens is 218 g/mol. The molecule has 1 atom stereocenters. The molecule has 1 aromatic rings. The van der Waals surface area contributed by atoms with E-state index in [2.05, 4.69) is 33.3 Å². The average molecular weight is 230 g/mol. The molecule has 0 amide bonds. The van der Waals surface area contributed by atoms with Crippen LogP contribution in [0.3, 0.4) is 0 Å². The van der Waals surface area contributed by atoms with Crippen molar-refractivity contribution in [3.63, 3.8) is 0 Å². The second-order valence-electron chi connectivity index (χ2n) is 2.53. The first-order valence-electron chi connectivity index (χ1n) is 3.85. The lowest BCUT2D eigenvalue weighted by Crippen LogP contribution is -2.27. The van der Waals surface area contributed by atoms with E-state index in [1.54, 1.807) is 6.20 Å². The molecule has 0 spiro atoms. The summed E-state index contributed by atoms with van der Waals surface area (Å²) >= 11 is 3.32. The topological polar surface area (TPSA) is 50.9 Å². The Kier molecular flexibility index (Phi) is 3.65. The Bertz CT molecular complexity index is 231. The fourth-order valence-electron chi connectivity index (χ4n) is 1.01. The zero-order valence-electron chi connectivity index (χ0n) is 6.92. The van der Waals surface area contributed by atoms with E-state index in [4.69, 9.17) is 5.84 Å². The van der Waals surface area contributed by atoms with Gasteiger partial charge in [0.05, 0.1) is 11.7 Å². The van der Waals surface area contributed by atoms with E-state index < -0.39 is 0 Å². The van der Waals surface area contributed by atoms with E-state index >= 15 is 0 Å². The normalized spacial score (nSPS) is 12.9. The first kappa shape index (κ1) is 9.64. The van der Waals surface area contributed by atoms with Gasteiger partial charge in [0.15, 0.2) is 0 Å². The maximum atomic E-state index is 5.35. The van der Waals surface area contributed by atoms with E-state index in [0.29, 0.717) is 0 Å². The maximum Gasteiger partial charge on any atom is 0.0629 e. The third kappa shape index (κ3) is 2.27. The molecule has 12 heavy (non-hydrogen) atoms. The van der Waals surface area contributed by atoms with Gasteiger partial charge in [-0.05, 0) is 34.5 Å². The van der Waals surface area contributed by atoms with Crippen LogP contribution in [0.15, 0.2) is 22.8 Å². The second kappa shape index (κ2) is 4.54.